The number of ether oxygens (including phenoxy) is 1. The maximum Gasteiger partial charge on any atom is 0.355 e. The first-order valence-corrected chi connectivity index (χ1v) is 9.72. The number of hydrogen-bond donors (Lipinski definition) is 3. The minimum absolute atomic E-state index is 0.0339. The highest BCUT2D eigenvalue weighted by atomic mass is 32.2. The summed E-state index contributed by atoms with van der Waals surface area (Å²) in [6.07, 6.45) is 0.363. The van der Waals surface area contributed by atoms with Crippen LogP contribution in [0, 0.1) is 0 Å². The molecule has 9 nitrogen and oxygen atoms in total. The molecule has 2 rings (SSSR count). The number of aromatic nitrogens is 1. The monoisotopic (exact) mass is 399 g/mol. The van der Waals surface area contributed by atoms with Gasteiger partial charge in [0.15, 0.2) is 5.69 Å². The Morgan fingerprint density at radius 1 is 1.35 bits per heavy atom. The summed E-state index contributed by atoms with van der Waals surface area (Å²) in [4.78, 5) is 26.8. The van der Waals surface area contributed by atoms with Crippen molar-refractivity contribution in [2.24, 2.45) is 0 Å². The Balaban J connectivity index is 2.07. The van der Waals surface area contributed by atoms with Gasteiger partial charge in [-0.05, 0) is 25.2 Å². The van der Waals surface area contributed by atoms with E-state index in [0.29, 0.717) is 11.4 Å². The van der Waals surface area contributed by atoms with E-state index in [2.05, 4.69) is 15.0 Å². The molecule has 1 aromatic carbocycles. The van der Waals surface area contributed by atoms with E-state index in [1.165, 1.54) is 49.1 Å². The fraction of sp³-hybridized carbons (Fsp3) is 0.267. The Morgan fingerprint density at radius 2 is 2.08 bits per heavy atom. The lowest BCUT2D eigenvalue weighted by atomic mass is 10.2. The van der Waals surface area contributed by atoms with Gasteiger partial charge in [-0.2, -0.15) is 0 Å². The number of benzene rings is 1. The van der Waals surface area contributed by atoms with Crippen molar-refractivity contribution in [1.29, 1.82) is 0 Å². The number of carboxylic acids is 1. The molecule has 0 radical (unpaired) electrons. The lowest BCUT2D eigenvalue weighted by Gasteiger charge is -2.11. The van der Waals surface area contributed by atoms with Crippen LogP contribution in [-0.4, -0.2) is 51.1 Å². The molecule has 0 atom stereocenters. The van der Waals surface area contributed by atoms with Crippen LogP contribution in [0.2, 0.25) is 0 Å². The standard InChI is InChI=1S/C15H17N3O6S2/c1-16-26(22,23)12-7-9(3-4-11(12)24-2)14(19)17-6-5-13-18-10(8-25-13)15(20)21/h3-4,7-8,16H,5-6H2,1-2H3,(H,17,19)(H,20,21). The van der Waals surface area contributed by atoms with Crippen molar-refractivity contribution >= 4 is 33.2 Å². The highest BCUT2D eigenvalue weighted by molar-refractivity contribution is 7.89. The molecular weight excluding hydrogens is 382 g/mol. The number of rotatable bonds is 8. The van der Waals surface area contributed by atoms with Gasteiger partial charge in [-0.25, -0.2) is 22.9 Å². The summed E-state index contributed by atoms with van der Waals surface area (Å²) in [6, 6.07) is 4.08. The molecule has 0 unspecified atom stereocenters. The minimum atomic E-state index is -3.78. The van der Waals surface area contributed by atoms with E-state index < -0.39 is 21.9 Å². The Bertz CT molecular complexity index is 923. The van der Waals surface area contributed by atoms with Crippen molar-refractivity contribution in [3.8, 4) is 5.75 Å². The molecule has 1 heterocycles. The minimum Gasteiger partial charge on any atom is -0.495 e. The third-order valence-electron chi connectivity index (χ3n) is 3.38. The molecule has 140 valence electrons. The maximum atomic E-state index is 12.2. The van der Waals surface area contributed by atoms with E-state index in [1.807, 2.05) is 0 Å². The van der Waals surface area contributed by atoms with Crippen LogP contribution < -0.4 is 14.8 Å². The summed E-state index contributed by atoms with van der Waals surface area (Å²) >= 11 is 1.19. The number of nitrogens with zero attached hydrogens (tertiary/aromatic N) is 1. The van der Waals surface area contributed by atoms with E-state index in [-0.39, 0.29) is 28.4 Å². The maximum absolute atomic E-state index is 12.2. The van der Waals surface area contributed by atoms with E-state index >= 15 is 0 Å². The summed E-state index contributed by atoms with van der Waals surface area (Å²) in [6.45, 7) is 0.228. The Hall–Kier alpha value is -2.50. The molecule has 2 aromatic rings. The van der Waals surface area contributed by atoms with E-state index in [0.717, 1.165) is 0 Å². The molecule has 26 heavy (non-hydrogen) atoms. The van der Waals surface area contributed by atoms with Gasteiger partial charge in [0.2, 0.25) is 10.0 Å². The van der Waals surface area contributed by atoms with Crippen LogP contribution in [-0.2, 0) is 16.4 Å². The molecule has 0 spiro atoms. The molecule has 3 N–H and O–H groups in total. The van der Waals surface area contributed by atoms with Crippen LogP contribution >= 0.6 is 11.3 Å². The highest BCUT2D eigenvalue weighted by Crippen LogP contribution is 2.24. The summed E-state index contributed by atoms with van der Waals surface area (Å²) in [5.41, 5.74) is 0.124. The van der Waals surface area contributed by atoms with Crippen LogP contribution in [0.25, 0.3) is 0 Å². The van der Waals surface area contributed by atoms with Gasteiger partial charge in [0, 0.05) is 23.9 Å². The van der Waals surface area contributed by atoms with E-state index in [1.54, 1.807) is 0 Å². The third kappa shape index (κ3) is 4.56. The number of amides is 1. The van der Waals surface area contributed by atoms with Crippen LogP contribution in [0.1, 0.15) is 25.9 Å². The zero-order valence-electron chi connectivity index (χ0n) is 14.0. The van der Waals surface area contributed by atoms with Crippen molar-refractivity contribution < 1.29 is 27.9 Å². The topological polar surface area (TPSA) is 135 Å². The number of carbonyl (C=O) groups excluding carboxylic acids is 1. The molecule has 11 heteroatoms. The van der Waals surface area contributed by atoms with Crippen LogP contribution in [0.15, 0.2) is 28.5 Å². The van der Waals surface area contributed by atoms with Gasteiger partial charge >= 0.3 is 5.97 Å². The molecule has 1 amide bonds. The largest absolute Gasteiger partial charge is 0.495 e. The zero-order chi connectivity index (χ0) is 19.3. The molecule has 0 aliphatic heterocycles. The van der Waals surface area contributed by atoms with Gasteiger partial charge in [0.05, 0.1) is 12.1 Å². The fourth-order valence-electron chi connectivity index (χ4n) is 2.05. The predicted octanol–water partition coefficient (Wildman–Crippen LogP) is 0.730. The lowest BCUT2D eigenvalue weighted by Crippen LogP contribution is -2.26. The molecule has 0 saturated heterocycles. The number of carbonyl (C=O) groups is 2. The van der Waals surface area contributed by atoms with Gasteiger partial charge in [-0.15, -0.1) is 11.3 Å². The number of aromatic carboxylic acids is 1. The second-order valence-corrected chi connectivity index (χ2v) is 7.81. The first-order chi connectivity index (χ1) is 12.3. The van der Waals surface area contributed by atoms with Crippen LogP contribution in [0.3, 0.4) is 0 Å². The van der Waals surface area contributed by atoms with Gasteiger partial charge in [-0.1, -0.05) is 0 Å². The molecule has 0 aliphatic carbocycles. The summed E-state index contributed by atoms with van der Waals surface area (Å²) in [5, 5.41) is 13.5. The number of nitrogens with one attached hydrogen (secondary N) is 2. The Labute approximate surface area is 154 Å². The second-order valence-electron chi connectivity index (χ2n) is 5.01. The average molecular weight is 399 g/mol. The smallest absolute Gasteiger partial charge is 0.355 e. The fourth-order valence-corrected chi connectivity index (χ4v) is 3.74. The van der Waals surface area contributed by atoms with Gasteiger partial charge < -0.3 is 15.2 Å². The Kier molecular flexibility index (Phi) is 6.29. The van der Waals surface area contributed by atoms with E-state index in [4.69, 9.17) is 9.84 Å². The molecule has 0 bridgehead atoms. The number of carboxylic acid groups (broad SMARTS) is 1. The van der Waals surface area contributed by atoms with Crippen molar-refractivity contribution in [3.63, 3.8) is 0 Å². The first kappa shape index (κ1) is 19.8. The number of sulfonamides is 1. The normalized spacial score (nSPS) is 11.2. The van der Waals surface area contributed by atoms with Gasteiger partial charge in [0.25, 0.3) is 5.91 Å². The second kappa shape index (κ2) is 8.25. The zero-order valence-corrected chi connectivity index (χ0v) is 15.6. The van der Waals surface area contributed by atoms with E-state index in [9.17, 15) is 18.0 Å². The first-order valence-electron chi connectivity index (χ1n) is 7.36. The predicted molar refractivity (Wildman–Crippen MR) is 94.4 cm³/mol. The highest BCUT2D eigenvalue weighted by Gasteiger charge is 2.20. The summed E-state index contributed by atoms with van der Waals surface area (Å²) < 4.78 is 31.3. The SMILES string of the molecule is CNS(=O)(=O)c1cc(C(=O)NCCc2nc(C(=O)O)cs2)ccc1OC. The van der Waals surface area contributed by atoms with Crippen LogP contribution in [0.5, 0.6) is 5.75 Å². The molecule has 1 aromatic heterocycles. The van der Waals surface area contributed by atoms with Crippen molar-refractivity contribution in [1.82, 2.24) is 15.0 Å². The van der Waals surface area contributed by atoms with Crippen molar-refractivity contribution in [2.75, 3.05) is 20.7 Å². The lowest BCUT2D eigenvalue weighted by molar-refractivity contribution is 0.0690. The molecular formula is C15H17N3O6S2. The number of hydrogen-bond acceptors (Lipinski definition) is 7. The number of thiazole rings is 1. The molecule has 0 saturated carbocycles. The molecule has 0 aliphatic rings. The Morgan fingerprint density at radius 3 is 2.65 bits per heavy atom. The van der Waals surface area contributed by atoms with Gasteiger partial charge in [-0.3, -0.25) is 4.79 Å². The van der Waals surface area contributed by atoms with Crippen molar-refractivity contribution in [2.45, 2.75) is 11.3 Å². The third-order valence-corrected chi connectivity index (χ3v) is 5.72. The van der Waals surface area contributed by atoms with Crippen LogP contribution in [0.4, 0.5) is 0 Å². The molecule has 0 fully saturated rings. The van der Waals surface area contributed by atoms with Crippen molar-refractivity contribution in [3.05, 3.63) is 39.8 Å². The number of methoxy groups -OCH3 is 1. The summed E-state index contributed by atoms with van der Waals surface area (Å²) in [5.74, 6) is -1.44. The van der Waals surface area contributed by atoms with Gasteiger partial charge in [0.1, 0.15) is 10.6 Å². The quantitative estimate of drug-likeness (QED) is 0.595. The average Bonchev–Trinajstić information content (AvgIpc) is 3.10. The summed E-state index contributed by atoms with van der Waals surface area (Å²) in [7, 11) is -1.18.